The zero-order chi connectivity index (χ0) is 11.0. The van der Waals surface area contributed by atoms with E-state index in [0.717, 1.165) is 11.7 Å². The van der Waals surface area contributed by atoms with Crippen LogP contribution < -0.4 is 10.1 Å². The van der Waals surface area contributed by atoms with Crippen molar-refractivity contribution in [2.75, 3.05) is 20.2 Å². The summed E-state index contributed by atoms with van der Waals surface area (Å²) in [4.78, 5) is 0. The van der Waals surface area contributed by atoms with Gasteiger partial charge in [0.15, 0.2) is 0 Å². The predicted molar refractivity (Wildman–Crippen MR) is 64.9 cm³/mol. The van der Waals surface area contributed by atoms with Crippen LogP contribution >= 0.6 is 0 Å². The average Bonchev–Trinajstić information content (AvgIpc) is 3.03. The largest absolute Gasteiger partial charge is 0.496 e. The highest BCUT2D eigenvalue weighted by Crippen LogP contribution is 2.63. The summed E-state index contributed by atoms with van der Waals surface area (Å²) in [6, 6.07) is 8.49. The van der Waals surface area contributed by atoms with Crippen molar-refractivity contribution in [2.45, 2.75) is 25.2 Å². The summed E-state index contributed by atoms with van der Waals surface area (Å²) in [6.07, 6.45) is 4.04. The van der Waals surface area contributed by atoms with Gasteiger partial charge in [0.2, 0.25) is 0 Å². The minimum absolute atomic E-state index is 0.548. The molecular weight excluding hydrogens is 198 g/mol. The van der Waals surface area contributed by atoms with Crippen LogP contribution in [0.25, 0.3) is 0 Å². The number of methoxy groups -OCH3 is 1. The van der Waals surface area contributed by atoms with Crippen molar-refractivity contribution in [2.24, 2.45) is 5.41 Å². The van der Waals surface area contributed by atoms with Crippen molar-refractivity contribution in [3.05, 3.63) is 29.8 Å². The lowest BCUT2D eigenvalue weighted by Gasteiger charge is -2.24. The summed E-state index contributed by atoms with van der Waals surface area (Å²) >= 11 is 0. The molecule has 2 aliphatic rings. The summed E-state index contributed by atoms with van der Waals surface area (Å²) in [5.74, 6) is 1.78. The first-order chi connectivity index (χ1) is 7.86. The highest BCUT2D eigenvalue weighted by molar-refractivity contribution is 5.42. The van der Waals surface area contributed by atoms with Gasteiger partial charge in [0.25, 0.3) is 0 Å². The number of hydrogen-bond acceptors (Lipinski definition) is 2. The van der Waals surface area contributed by atoms with Gasteiger partial charge in [-0.2, -0.15) is 0 Å². The molecule has 2 fully saturated rings. The summed E-state index contributed by atoms with van der Waals surface area (Å²) in [7, 11) is 1.77. The summed E-state index contributed by atoms with van der Waals surface area (Å²) in [6.45, 7) is 2.39. The highest BCUT2D eigenvalue weighted by atomic mass is 16.5. The van der Waals surface area contributed by atoms with E-state index in [-0.39, 0.29) is 0 Å². The molecule has 1 heterocycles. The smallest absolute Gasteiger partial charge is 0.122 e. The van der Waals surface area contributed by atoms with Crippen molar-refractivity contribution in [1.82, 2.24) is 5.32 Å². The van der Waals surface area contributed by atoms with E-state index >= 15 is 0 Å². The zero-order valence-corrected chi connectivity index (χ0v) is 9.83. The third kappa shape index (κ3) is 1.52. The van der Waals surface area contributed by atoms with Gasteiger partial charge in [0.1, 0.15) is 5.75 Å². The van der Waals surface area contributed by atoms with Gasteiger partial charge in [0.05, 0.1) is 7.11 Å². The molecule has 0 radical (unpaired) electrons. The van der Waals surface area contributed by atoms with Gasteiger partial charge in [-0.1, -0.05) is 18.2 Å². The van der Waals surface area contributed by atoms with E-state index in [4.69, 9.17) is 4.74 Å². The molecule has 3 rings (SSSR count). The van der Waals surface area contributed by atoms with E-state index in [2.05, 4.69) is 29.6 Å². The maximum atomic E-state index is 5.46. The third-order valence-corrected chi connectivity index (χ3v) is 4.21. The fourth-order valence-corrected chi connectivity index (χ4v) is 3.20. The maximum absolute atomic E-state index is 5.46. The number of hydrogen-bond donors (Lipinski definition) is 1. The van der Waals surface area contributed by atoms with Crippen LogP contribution in [0.15, 0.2) is 24.3 Å². The van der Waals surface area contributed by atoms with Gasteiger partial charge >= 0.3 is 0 Å². The summed E-state index contributed by atoms with van der Waals surface area (Å²) < 4.78 is 5.46. The number of rotatable bonds is 2. The summed E-state index contributed by atoms with van der Waals surface area (Å²) in [5, 5.41) is 3.53. The number of nitrogens with one attached hydrogen (secondary N) is 1. The van der Waals surface area contributed by atoms with Crippen molar-refractivity contribution in [1.29, 1.82) is 0 Å². The molecule has 1 aromatic rings. The first-order valence-corrected chi connectivity index (χ1v) is 6.19. The number of ether oxygens (including phenoxy) is 1. The molecule has 0 aromatic heterocycles. The van der Waals surface area contributed by atoms with Crippen LogP contribution in [0.2, 0.25) is 0 Å². The fourth-order valence-electron chi connectivity index (χ4n) is 3.20. The molecule has 2 nitrogen and oxygen atoms in total. The molecule has 1 spiro atoms. The van der Waals surface area contributed by atoms with Crippen LogP contribution in [0, 0.1) is 5.41 Å². The second kappa shape index (κ2) is 3.77. The molecule has 1 aliphatic carbocycles. The first-order valence-electron chi connectivity index (χ1n) is 6.19. The van der Waals surface area contributed by atoms with Crippen molar-refractivity contribution in [3.63, 3.8) is 0 Å². The Morgan fingerprint density at radius 1 is 1.38 bits per heavy atom. The quantitative estimate of drug-likeness (QED) is 0.822. The van der Waals surface area contributed by atoms with Gasteiger partial charge in [0, 0.05) is 6.54 Å². The number of para-hydroxylation sites is 1. The van der Waals surface area contributed by atoms with Crippen molar-refractivity contribution < 1.29 is 4.74 Å². The van der Waals surface area contributed by atoms with E-state index in [9.17, 15) is 0 Å². The number of benzene rings is 1. The Labute approximate surface area is 97.0 Å². The minimum atomic E-state index is 0.548. The molecule has 0 amide bonds. The maximum Gasteiger partial charge on any atom is 0.122 e. The molecule has 1 aromatic carbocycles. The van der Waals surface area contributed by atoms with E-state index < -0.39 is 0 Å². The highest BCUT2D eigenvalue weighted by Gasteiger charge is 2.55. The van der Waals surface area contributed by atoms with Gasteiger partial charge < -0.3 is 10.1 Å². The molecule has 1 N–H and O–H groups in total. The Bertz CT molecular complexity index is 382. The van der Waals surface area contributed by atoms with E-state index in [1.54, 1.807) is 7.11 Å². The lowest BCUT2D eigenvalue weighted by Crippen LogP contribution is -2.31. The van der Waals surface area contributed by atoms with Crippen LogP contribution in [0.5, 0.6) is 5.75 Å². The first kappa shape index (κ1) is 10.2. The summed E-state index contributed by atoms with van der Waals surface area (Å²) in [5.41, 5.74) is 1.96. The molecule has 2 atom stereocenters. The lowest BCUT2D eigenvalue weighted by atomic mass is 9.91. The third-order valence-electron chi connectivity index (χ3n) is 4.21. The monoisotopic (exact) mass is 217 g/mol. The fraction of sp³-hybridized carbons (Fsp3) is 0.571. The van der Waals surface area contributed by atoms with E-state index in [1.165, 1.54) is 37.9 Å². The normalized spacial score (nSPS) is 32.7. The van der Waals surface area contributed by atoms with Crippen LogP contribution in [-0.2, 0) is 0 Å². The van der Waals surface area contributed by atoms with Crippen molar-refractivity contribution >= 4 is 0 Å². The topological polar surface area (TPSA) is 21.3 Å². The van der Waals surface area contributed by atoms with Gasteiger partial charge in [-0.25, -0.2) is 0 Å². The van der Waals surface area contributed by atoms with Crippen LogP contribution in [0.3, 0.4) is 0 Å². The molecule has 0 bridgehead atoms. The van der Waals surface area contributed by atoms with Crippen LogP contribution in [0.4, 0.5) is 0 Å². The van der Waals surface area contributed by atoms with Crippen molar-refractivity contribution in [3.8, 4) is 5.75 Å². The second-order valence-electron chi connectivity index (χ2n) is 5.14. The predicted octanol–water partition coefficient (Wildman–Crippen LogP) is 2.55. The molecule has 16 heavy (non-hydrogen) atoms. The number of piperidine rings is 1. The molecule has 1 saturated heterocycles. The molecule has 2 unspecified atom stereocenters. The minimum Gasteiger partial charge on any atom is -0.496 e. The molecule has 86 valence electrons. The van der Waals surface area contributed by atoms with Gasteiger partial charge in [-0.3, -0.25) is 0 Å². The van der Waals surface area contributed by atoms with E-state index in [1.807, 2.05) is 0 Å². The molecular formula is C14H19NO. The molecule has 1 aliphatic heterocycles. The zero-order valence-electron chi connectivity index (χ0n) is 9.83. The van der Waals surface area contributed by atoms with Gasteiger partial charge in [-0.05, 0) is 48.8 Å². The Hall–Kier alpha value is -1.02. The van der Waals surface area contributed by atoms with Crippen LogP contribution in [0.1, 0.15) is 30.7 Å². The second-order valence-corrected chi connectivity index (χ2v) is 5.14. The van der Waals surface area contributed by atoms with Crippen LogP contribution in [-0.4, -0.2) is 20.2 Å². The molecule has 2 heteroatoms. The Kier molecular flexibility index (Phi) is 2.40. The Morgan fingerprint density at radius 2 is 2.25 bits per heavy atom. The SMILES string of the molecule is COc1ccccc1C1CC12CCCNC2. The van der Waals surface area contributed by atoms with Gasteiger partial charge in [-0.15, -0.1) is 0 Å². The standard InChI is InChI=1S/C14H19NO/c1-16-13-6-3-2-5-11(13)12-9-14(12)7-4-8-15-10-14/h2-3,5-6,12,15H,4,7-10H2,1H3. The van der Waals surface area contributed by atoms with E-state index in [0.29, 0.717) is 5.41 Å². The lowest BCUT2D eigenvalue weighted by molar-refractivity contribution is 0.343. The molecule has 1 saturated carbocycles. The average molecular weight is 217 g/mol. The Morgan fingerprint density at radius 3 is 3.00 bits per heavy atom. The Balaban J connectivity index is 1.84.